The van der Waals surface area contributed by atoms with E-state index < -0.39 is 16.1 Å². The standard InChI is InChI=1S/C13H15ClN2O4S/c1-20-11-5-10(8-17)16(7-11)21(18,19)13-3-2-9(6-15)4-12(13)14/h2-4,10-11,17H,5,7-8H2,1H3/t10-,11+/m0/s1. The molecule has 2 rings (SSSR count). The molecule has 0 aliphatic carbocycles. The first-order valence-corrected chi connectivity index (χ1v) is 8.11. The quantitative estimate of drug-likeness (QED) is 0.888. The van der Waals surface area contributed by atoms with Crippen molar-refractivity contribution < 1.29 is 18.3 Å². The first-order valence-electron chi connectivity index (χ1n) is 6.29. The van der Waals surface area contributed by atoms with Gasteiger partial charge in [-0.25, -0.2) is 8.42 Å². The number of hydrogen-bond donors (Lipinski definition) is 1. The van der Waals surface area contributed by atoms with Gasteiger partial charge < -0.3 is 9.84 Å². The Bertz CT molecular complexity index is 671. The predicted octanol–water partition coefficient (Wildman–Crippen LogP) is 0.982. The van der Waals surface area contributed by atoms with Crippen molar-refractivity contribution >= 4 is 21.6 Å². The summed E-state index contributed by atoms with van der Waals surface area (Å²) >= 11 is 5.98. The van der Waals surface area contributed by atoms with Crippen LogP contribution in [-0.4, -0.2) is 50.2 Å². The van der Waals surface area contributed by atoms with Crippen LogP contribution in [0, 0.1) is 11.3 Å². The Kier molecular flexibility index (Phi) is 4.86. The van der Waals surface area contributed by atoms with Crippen molar-refractivity contribution in [3.8, 4) is 6.07 Å². The number of nitriles is 1. The third kappa shape index (κ3) is 3.05. The molecule has 8 heteroatoms. The van der Waals surface area contributed by atoms with Crippen molar-refractivity contribution in [3.63, 3.8) is 0 Å². The fourth-order valence-corrected chi connectivity index (χ4v) is 4.56. The predicted molar refractivity (Wildman–Crippen MR) is 76.3 cm³/mol. The van der Waals surface area contributed by atoms with Gasteiger partial charge in [-0.05, 0) is 24.6 Å². The third-order valence-electron chi connectivity index (χ3n) is 3.52. The molecule has 0 aromatic heterocycles. The Morgan fingerprint density at radius 3 is 2.81 bits per heavy atom. The van der Waals surface area contributed by atoms with Gasteiger partial charge in [-0.1, -0.05) is 11.6 Å². The monoisotopic (exact) mass is 330 g/mol. The summed E-state index contributed by atoms with van der Waals surface area (Å²) in [5.41, 5.74) is 0.286. The Balaban J connectivity index is 2.40. The van der Waals surface area contributed by atoms with E-state index in [0.29, 0.717) is 6.42 Å². The summed E-state index contributed by atoms with van der Waals surface area (Å²) in [7, 11) is -2.34. The number of nitrogens with zero attached hydrogens (tertiary/aromatic N) is 2. The molecule has 114 valence electrons. The van der Waals surface area contributed by atoms with E-state index in [9.17, 15) is 13.5 Å². The van der Waals surface area contributed by atoms with Crippen molar-refractivity contribution in [3.05, 3.63) is 28.8 Å². The van der Waals surface area contributed by atoms with Crippen LogP contribution in [0.4, 0.5) is 0 Å². The van der Waals surface area contributed by atoms with E-state index in [1.807, 2.05) is 6.07 Å². The minimum absolute atomic E-state index is 0.00777. The van der Waals surface area contributed by atoms with Gasteiger partial charge in [0.25, 0.3) is 0 Å². The number of hydrogen-bond acceptors (Lipinski definition) is 5. The number of halogens is 1. The van der Waals surface area contributed by atoms with Gasteiger partial charge in [0.05, 0.1) is 35.4 Å². The molecule has 1 N–H and O–H groups in total. The fraction of sp³-hybridized carbons (Fsp3) is 0.462. The SMILES string of the molecule is CO[C@@H]1C[C@@H](CO)N(S(=O)(=O)c2ccc(C#N)cc2Cl)C1. The highest BCUT2D eigenvalue weighted by molar-refractivity contribution is 7.89. The van der Waals surface area contributed by atoms with Gasteiger partial charge in [0.15, 0.2) is 0 Å². The lowest BCUT2D eigenvalue weighted by molar-refractivity contribution is 0.113. The number of methoxy groups -OCH3 is 1. The zero-order valence-corrected chi connectivity index (χ0v) is 12.9. The van der Waals surface area contributed by atoms with Crippen LogP contribution < -0.4 is 0 Å². The van der Waals surface area contributed by atoms with Crippen LogP contribution in [-0.2, 0) is 14.8 Å². The molecule has 6 nitrogen and oxygen atoms in total. The first-order chi connectivity index (χ1) is 9.93. The molecule has 1 fully saturated rings. The van der Waals surface area contributed by atoms with E-state index in [-0.39, 0.29) is 34.7 Å². The van der Waals surface area contributed by atoms with E-state index in [1.54, 1.807) is 0 Å². The lowest BCUT2D eigenvalue weighted by atomic mass is 10.2. The zero-order valence-electron chi connectivity index (χ0n) is 11.4. The number of aliphatic hydroxyl groups excluding tert-OH is 1. The molecule has 0 radical (unpaired) electrons. The topological polar surface area (TPSA) is 90.6 Å². The molecule has 1 heterocycles. The van der Waals surface area contributed by atoms with Crippen molar-refractivity contribution in [2.24, 2.45) is 0 Å². The molecule has 1 saturated heterocycles. The second-order valence-corrected chi connectivity index (χ2v) is 7.03. The first kappa shape index (κ1) is 16.2. The summed E-state index contributed by atoms with van der Waals surface area (Å²) in [6, 6.07) is 5.39. The maximum atomic E-state index is 12.7. The number of rotatable bonds is 4. The molecule has 1 aliphatic heterocycles. The van der Waals surface area contributed by atoms with Crippen molar-refractivity contribution in [1.82, 2.24) is 4.31 Å². The number of ether oxygens (including phenoxy) is 1. The lowest BCUT2D eigenvalue weighted by Crippen LogP contribution is -2.38. The molecule has 0 saturated carbocycles. The molecule has 1 aromatic carbocycles. The summed E-state index contributed by atoms with van der Waals surface area (Å²) in [6.07, 6.45) is 0.175. The van der Waals surface area contributed by atoms with Crippen molar-refractivity contribution in [2.75, 3.05) is 20.3 Å². The molecule has 0 spiro atoms. The van der Waals surface area contributed by atoms with Gasteiger partial charge in [-0.2, -0.15) is 9.57 Å². The minimum Gasteiger partial charge on any atom is -0.395 e. The highest BCUT2D eigenvalue weighted by Crippen LogP contribution is 2.31. The van der Waals surface area contributed by atoms with Crippen molar-refractivity contribution in [1.29, 1.82) is 5.26 Å². The van der Waals surface area contributed by atoms with Gasteiger partial charge >= 0.3 is 0 Å². The van der Waals surface area contributed by atoms with Gasteiger partial charge in [0, 0.05) is 13.7 Å². The van der Waals surface area contributed by atoms with Crippen LogP contribution in [0.15, 0.2) is 23.1 Å². The molecular weight excluding hydrogens is 316 g/mol. The third-order valence-corrected chi connectivity index (χ3v) is 5.92. The van der Waals surface area contributed by atoms with Gasteiger partial charge in [0.2, 0.25) is 10.0 Å². The molecule has 0 bridgehead atoms. The number of sulfonamides is 1. The number of aliphatic hydroxyl groups is 1. The number of benzene rings is 1. The molecule has 21 heavy (non-hydrogen) atoms. The normalized spacial score (nSPS) is 23.1. The van der Waals surface area contributed by atoms with Crippen molar-refractivity contribution in [2.45, 2.75) is 23.5 Å². The maximum absolute atomic E-state index is 12.7. The summed E-state index contributed by atoms with van der Waals surface area (Å²) in [6.45, 7) is -0.118. The summed E-state index contributed by atoms with van der Waals surface area (Å²) in [5, 5.41) is 18.2. The second-order valence-electron chi connectivity index (χ2n) is 4.76. The lowest BCUT2D eigenvalue weighted by Gasteiger charge is -2.22. The Labute approximate surface area is 128 Å². The summed E-state index contributed by atoms with van der Waals surface area (Å²) in [5.74, 6) is 0. The molecule has 1 aromatic rings. The van der Waals surface area contributed by atoms with Crippen LogP contribution in [0.5, 0.6) is 0 Å². The molecule has 2 atom stereocenters. The highest BCUT2D eigenvalue weighted by atomic mass is 35.5. The van der Waals surface area contributed by atoms with E-state index >= 15 is 0 Å². The minimum atomic E-state index is -3.85. The van der Waals surface area contributed by atoms with Gasteiger partial charge in [0.1, 0.15) is 4.90 Å². The Hall–Kier alpha value is -1.17. The highest BCUT2D eigenvalue weighted by Gasteiger charge is 2.40. The van der Waals surface area contributed by atoms with Crippen LogP contribution in [0.1, 0.15) is 12.0 Å². The smallest absolute Gasteiger partial charge is 0.244 e. The van der Waals surface area contributed by atoms with Crippen LogP contribution >= 0.6 is 11.6 Å². The largest absolute Gasteiger partial charge is 0.395 e. The van der Waals surface area contributed by atoms with E-state index in [4.69, 9.17) is 21.6 Å². The summed E-state index contributed by atoms with van der Waals surface area (Å²) in [4.78, 5) is -0.0710. The zero-order chi connectivity index (χ0) is 15.6. The fourth-order valence-electron chi connectivity index (χ4n) is 2.38. The second kappa shape index (κ2) is 6.30. The van der Waals surface area contributed by atoms with E-state index in [1.165, 1.54) is 29.6 Å². The Morgan fingerprint density at radius 1 is 1.57 bits per heavy atom. The van der Waals surface area contributed by atoms with E-state index in [0.717, 1.165) is 0 Å². The van der Waals surface area contributed by atoms with E-state index in [2.05, 4.69) is 0 Å². The average molecular weight is 331 g/mol. The summed E-state index contributed by atoms with van der Waals surface area (Å²) < 4.78 is 31.7. The average Bonchev–Trinajstić information content (AvgIpc) is 2.91. The molecule has 1 aliphatic rings. The maximum Gasteiger partial charge on any atom is 0.244 e. The Morgan fingerprint density at radius 2 is 2.29 bits per heavy atom. The van der Waals surface area contributed by atoms with Gasteiger partial charge in [-0.3, -0.25) is 0 Å². The molecular formula is C13H15ClN2O4S. The molecule has 0 amide bonds. The van der Waals surface area contributed by atoms with Crippen LogP contribution in [0.2, 0.25) is 5.02 Å². The van der Waals surface area contributed by atoms with Gasteiger partial charge in [-0.15, -0.1) is 0 Å². The van der Waals surface area contributed by atoms with Crippen LogP contribution in [0.25, 0.3) is 0 Å². The molecule has 0 unspecified atom stereocenters. The van der Waals surface area contributed by atoms with Crippen LogP contribution in [0.3, 0.4) is 0 Å².